The fourth-order valence-corrected chi connectivity index (χ4v) is 2.55. The van der Waals surface area contributed by atoms with Gasteiger partial charge in [0, 0.05) is 18.7 Å². The topological polar surface area (TPSA) is 41.3 Å². The number of hydrogen-bond donors (Lipinski definition) is 1. The zero-order chi connectivity index (χ0) is 12.1. The maximum absolute atomic E-state index is 5.14. The summed E-state index contributed by atoms with van der Waals surface area (Å²) in [5.74, 6) is 0.904. The highest BCUT2D eigenvalue weighted by molar-refractivity contribution is 5.03. The highest BCUT2D eigenvalue weighted by Gasteiger charge is 2.21. The van der Waals surface area contributed by atoms with Crippen molar-refractivity contribution in [2.24, 2.45) is 0 Å². The van der Waals surface area contributed by atoms with Crippen LogP contribution in [0.1, 0.15) is 37.6 Å². The Bertz CT molecular complexity index is 331. The monoisotopic (exact) mass is 237 g/mol. The van der Waals surface area contributed by atoms with E-state index in [4.69, 9.17) is 4.52 Å². The summed E-state index contributed by atoms with van der Waals surface area (Å²) >= 11 is 0. The third-order valence-corrected chi connectivity index (χ3v) is 3.38. The molecule has 1 fully saturated rings. The summed E-state index contributed by atoms with van der Waals surface area (Å²) in [6, 6.07) is 2.75. The minimum absolute atomic E-state index is 0.702. The molecule has 17 heavy (non-hydrogen) atoms. The lowest BCUT2D eigenvalue weighted by molar-refractivity contribution is 0.150. The van der Waals surface area contributed by atoms with Crippen LogP contribution in [-0.4, -0.2) is 35.7 Å². The molecule has 0 spiro atoms. The predicted octanol–water partition coefficient (Wildman–Crippen LogP) is 1.95. The van der Waals surface area contributed by atoms with E-state index in [1.54, 1.807) is 0 Å². The smallest absolute Gasteiger partial charge is 0.133 e. The standard InChI is InChI=1S/C13H23N3O/c1-3-8-16(13-4-6-14-7-5-13)10-12-9-11(2)17-15-12/h9,13-14H,3-8,10H2,1-2H3. The van der Waals surface area contributed by atoms with Crippen LogP contribution >= 0.6 is 0 Å². The molecule has 0 bridgehead atoms. The van der Waals surface area contributed by atoms with E-state index in [0.29, 0.717) is 6.04 Å². The van der Waals surface area contributed by atoms with Crippen LogP contribution in [0.3, 0.4) is 0 Å². The Morgan fingerprint density at radius 3 is 2.82 bits per heavy atom. The van der Waals surface area contributed by atoms with Gasteiger partial charge in [0.05, 0.1) is 5.69 Å². The third-order valence-electron chi connectivity index (χ3n) is 3.38. The molecule has 0 radical (unpaired) electrons. The van der Waals surface area contributed by atoms with Crippen LogP contribution in [0, 0.1) is 6.92 Å². The Kier molecular flexibility index (Phi) is 4.57. The molecule has 2 rings (SSSR count). The van der Waals surface area contributed by atoms with Gasteiger partial charge in [0.2, 0.25) is 0 Å². The molecule has 96 valence electrons. The first-order valence-electron chi connectivity index (χ1n) is 6.66. The van der Waals surface area contributed by atoms with Gasteiger partial charge in [0.25, 0.3) is 0 Å². The normalized spacial score (nSPS) is 17.8. The molecule has 0 unspecified atom stereocenters. The molecule has 0 aliphatic carbocycles. The quantitative estimate of drug-likeness (QED) is 0.850. The number of hydrogen-bond acceptors (Lipinski definition) is 4. The van der Waals surface area contributed by atoms with Crippen LogP contribution < -0.4 is 5.32 Å². The van der Waals surface area contributed by atoms with Gasteiger partial charge < -0.3 is 9.84 Å². The van der Waals surface area contributed by atoms with Crippen molar-refractivity contribution in [3.63, 3.8) is 0 Å². The van der Waals surface area contributed by atoms with Gasteiger partial charge in [-0.05, 0) is 45.8 Å². The second-order valence-electron chi connectivity index (χ2n) is 4.88. The summed E-state index contributed by atoms with van der Waals surface area (Å²) < 4.78 is 5.14. The SMILES string of the molecule is CCCN(Cc1cc(C)on1)C1CCNCC1. The number of piperidine rings is 1. The second-order valence-corrected chi connectivity index (χ2v) is 4.88. The fraction of sp³-hybridized carbons (Fsp3) is 0.769. The Morgan fingerprint density at radius 1 is 1.47 bits per heavy atom. The first-order chi connectivity index (χ1) is 8.29. The summed E-state index contributed by atoms with van der Waals surface area (Å²) in [4.78, 5) is 2.55. The molecule has 1 aliphatic heterocycles. The molecule has 1 saturated heterocycles. The molecule has 4 heteroatoms. The molecule has 0 atom stereocenters. The van der Waals surface area contributed by atoms with Gasteiger partial charge in [-0.2, -0.15) is 0 Å². The molecule has 1 aliphatic rings. The van der Waals surface area contributed by atoms with Gasteiger partial charge in [-0.1, -0.05) is 12.1 Å². The molecular formula is C13H23N3O. The minimum atomic E-state index is 0.702. The van der Waals surface area contributed by atoms with E-state index in [1.165, 1.54) is 19.3 Å². The van der Waals surface area contributed by atoms with Crippen LogP contribution in [-0.2, 0) is 6.54 Å². The zero-order valence-corrected chi connectivity index (χ0v) is 10.9. The summed E-state index contributed by atoms with van der Waals surface area (Å²) in [5.41, 5.74) is 1.06. The van der Waals surface area contributed by atoms with Gasteiger partial charge in [0.15, 0.2) is 0 Å². The van der Waals surface area contributed by atoms with Gasteiger partial charge in [-0.3, -0.25) is 4.90 Å². The van der Waals surface area contributed by atoms with E-state index in [0.717, 1.165) is 37.6 Å². The zero-order valence-electron chi connectivity index (χ0n) is 10.9. The van der Waals surface area contributed by atoms with Gasteiger partial charge in [-0.25, -0.2) is 0 Å². The van der Waals surface area contributed by atoms with Crippen molar-refractivity contribution in [3.05, 3.63) is 17.5 Å². The lowest BCUT2D eigenvalue weighted by atomic mass is 10.0. The van der Waals surface area contributed by atoms with Crippen molar-refractivity contribution in [1.82, 2.24) is 15.4 Å². The molecule has 4 nitrogen and oxygen atoms in total. The lowest BCUT2D eigenvalue weighted by Gasteiger charge is -2.33. The van der Waals surface area contributed by atoms with Gasteiger partial charge in [0.1, 0.15) is 5.76 Å². The van der Waals surface area contributed by atoms with E-state index in [2.05, 4.69) is 22.3 Å². The fourth-order valence-electron chi connectivity index (χ4n) is 2.55. The van der Waals surface area contributed by atoms with Crippen molar-refractivity contribution >= 4 is 0 Å². The predicted molar refractivity (Wildman–Crippen MR) is 67.8 cm³/mol. The number of nitrogens with zero attached hydrogens (tertiary/aromatic N) is 2. The second kappa shape index (κ2) is 6.17. The van der Waals surface area contributed by atoms with Crippen LogP contribution in [0.4, 0.5) is 0 Å². The number of nitrogens with one attached hydrogen (secondary N) is 1. The summed E-state index contributed by atoms with van der Waals surface area (Å²) in [6.45, 7) is 8.55. The van der Waals surface area contributed by atoms with Crippen LogP contribution in [0.2, 0.25) is 0 Å². The molecule has 1 N–H and O–H groups in total. The average molecular weight is 237 g/mol. The lowest BCUT2D eigenvalue weighted by Crippen LogP contribution is -2.43. The molecule has 2 heterocycles. The van der Waals surface area contributed by atoms with Crippen LogP contribution in [0.25, 0.3) is 0 Å². The first kappa shape index (κ1) is 12.6. The minimum Gasteiger partial charge on any atom is -0.361 e. The molecule has 0 amide bonds. The highest BCUT2D eigenvalue weighted by atomic mass is 16.5. The van der Waals surface area contributed by atoms with Crippen molar-refractivity contribution in [1.29, 1.82) is 0 Å². The summed E-state index contributed by atoms with van der Waals surface area (Å²) in [5, 5.41) is 7.52. The number of aryl methyl sites for hydroxylation is 1. The van der Waals surface area contributed by atoms with E-state index in [-0.39, 0.29) is 0 Å². The molecule has 1 aromatic rings. The van der Waals surface area contributed by atoms with E-state index < -0.39 is 0 Å². The molecule has 1 aromatic heterocycles. The summed E-state index contributed by atoms with van der Waals surface area (Å²) in [7, 11) is 0. The largest absolute Gasteiger partial charge is 0.361 e. The van der Waals surface area contributed by atoms with Crippen LogP contribution in [0.5, 0.6) is 0 Å². The van der Waals surface area contributed by atoms with Crippen molar-refractivity contribution in [3.8, 4) is 0 Å². The van der Waals surface area contributed by atoms with E-state index in [1.807, 2.05) is 13.0 Å². The average Bonchev–Trinajstić information content (AvgIpc) is 2.75. The molecule has 0 aromatic carbocycles. The third kappa shape index (κ3) is 3.54. The highest BCUT2D eigenvalue weighted by Crippen LogP contribution is 2.16. The van der Waals surface area contributed by atoms with E-state index in [9.17, 15) is 0 Å². The number of rotatable bonds is 5. The van der Waals surface area contributed by atoms with Gasteiger partial charge >= 0.3 is 0 Å². The van der Waals surface area contributed by atoms with Crippen molar-refractivity contribution in [2.45, 2.75) is 45.7 Å². The molecule has 0 saturated carbocycles. The van der Waals surface area contributed by atoms with Gasteiger partial charge in [-0.15, -0.1) is 0 Å². The maximum atomic E-state index is 5.14. The van der Waals surface area contributed by atoms with Crippen LogP contribution in [0.15, 0.2) is 10.6 Å². The Labute approximate surface area is 103 Å². The maximum Gasteiger partial charge on any atom is 0.133 e. The Balaban J connectivity index is 1.95. The first-order valence-corrected chi connectivity index (χ1v) is 6.66. The van der Waals surface area contributed by atoms with Crippen molar-refractivity contribution < 1.29 is 4.52 Å². The number of aromatic nitrogens is 1. The molecular weight excluding hydrogens is 214 g/mol. The Morgan fingerprint density at radius 2 is 2.24 bits per heavy atom. The van der Waals surface area contributed by atoms with Crippen molar-refractivity contribution in [2.75, 3.05) is 19.6 Å². The Hall–Kier alpha value is -0.870. The summed E-state index contributed by atoms with van der Waals surface area (Å²) in [6.07, 6.45) is 3.69. The van der Waals surface area contributed by atoms with E-state index >= 15 is 0 Å².